The highest BCUT2D eigenvalue weighted by Gasteiger charge is 2.35. The highest BCUT2D eigenvalue weighted by molar-refractivity contribution is 14.1. The van der Waals surface area contributed by atoms with E-state index in [1.54, 1.807) is 11.9 Å². The summed E-state index contributed by atoms with van der Waals surface area (Å²) in [4.78, 5) is 24.4. The van der Waals surface area contributed by atoms with E-state index in [1.807, 2.05) is 0 Å². The molecule has 0 aromatic carbocycles. The Kier molecular flexibility index (Phi) is 4.17. The molecule has 1 aromatic heterocycles. The Balaban J connectivity index is 3.29. The quantitative estimate of drug-likeness (QED) is 0.790. The van der Waals surface area contributed by atoms with Crippen LogP contribution < -0.4 is 10.9 Å². The minimum absolute atomic E-state index is 0.226. The van der Waals surface area contributed by atoms with E-state index in [0.29, 0.717) is 0 Å². The van der Waals surface area contributed by atoms with E-state index < -0.39 is 23.3 Å². The maximum atomic E-state index is 12.4. The van der Waals surface area contributed by atoms with Crippen molar-refractivity contribution in [3.63, 3.8) is 0 Å². The van der Waals surface area contributed by atoms with Crippen LogP contribution in [-0.2, 0) is 6.18 Å². The van der Waals surface area contributed by atoms with Crippen LogP contribution in [0.3, 0.4) is 0 Å². The number of halogens is 4. The Morgan fingerprint density at radius 2 is 2.12 bits per heavy atom. The molecule has 0 aliphatic rings. The molecular weight excluding hydrogens is 352 g/mol. The van der Waals surface area contributed by atoms with Crippen molar-refractivity contribution in [2.75, 3.05) is 6.54 Å². The van der Waals surface area contributed by atoms with Gasteiger partial charge in [-0.15, -0.1) is 0 Å². The van der Waals surface area contributed by atoms with E-state index in [4.69, 9.17) is 0 Å². The average molecular weight is 360 g/mol. The zero-order valence-electron chi connectivity index (χ0n) is 8.61. The van der Waals surface area contributed by atoms with Gasteiger partial charge >= 0.3 is 6.18 Å². The molecule has 0 saturated heterocycles. The van der Waals surface area contributed by atoms with E-state index in [1.165, 1.54) is 22.6 Å². The van der Waals surface area contributed by atoms with Crippen molar-refractivity contribution >= 4 is 28.5 Å². The highest BCUT2D eigenvalue weighted by atomic mass is 127. The molecule has 1 rings (SSSR count). The van der Waals surface area contributed by atoms with Gasteiger partial charge in [-0.25, -0.2) is 0 Å². The minimum atomic E-state index is -4.64. The number of aromatic amines is 1. The fourth-order valence-corrected chi connectivity index (χ4v) is 1.89. The second-order valence-electron chi connectivity index (χ2n) is 3.09. The van der Waals surface area contributed by atoms with Crippen LogP contribution in [0, 0.1) is 3.57 Å². The third kappa shape index (κ3) is 3.20. The Bertz CT molecular complexity index is 496. The molecule has 1 heterocycles. The van der Waals surface area contributed by atoms with Gasteiger partial charge in [0.25, 0.3) is 11.5 Å². The first-order chi connectivity index (χ1) is 7.77. The van der Waals surface area contributed by atoms with Crippen molar-refractivity contribution in [1.82, 2.24) is 10.3 Å². The summed E-state index contributed by atoms with van der Waals surface area (Å²) >= 11 is 1.42. The first-order valence-electron chi connectivity index (χ1n) is 4.55. The van der Waals surface area contributed by atoms with Crippen molar-refractivity contribution in [3.8, 4) is 0 Å². The lowest BCUT2D eigenvalue weighted by Gasteiger charge is -2.09. The van der Waals surface area contributed by atoms with E-state index in [0.717, 1.165) is 6.07 Å². The molecule has 2 N–H and O–H groups in total. The first-order valence-corrected chi connectivity index (χ1v) is 5.63. The number of H-pyrrole nitrogens is 1. The summed E-state index contributed by atoms with van der Waals surface area (Å²) in [5.41, 5.74) is -2.52. The van der Waals surface area contributed by atoms with Crippen LogP contribution in [-0.4, -0.2) is 17.4 Å². The first kappa shape index (κ1) is 14.0. The fraction of sp³-hybridized carbons (Fsp3) is 0.333. The van der Waals surface area contributed by atoms with Gasteiger partial charge in [0.05, 0.1) is 0 Å². The van der Waals surface area contributed by atoms with Gasteiger partial charge in [-0.1, -0.05) is 0 Å². The molecule has 8 heteroatoms. The summed E-state index contributed by atoms with van der Waals surface area (Å²) in [6.07, 6.45) is -4.64. The number of rotatable bonds is 2. The molecule has 0 aliphatic carbocycles. The van der Waals surface area contributed by atoms with Crippen molar-refractivity contribution in [2.24, 2.45) is 0 Å². The summed E-state index contributed by atoms with van der Waals surface area (Å²) in [7, 11) is 0. The summed E-state index contributed by atoms with van der Waals surface area (Å²) < 4.78 is 37.1. The fourth-order valence-electron chi connectivity index (χ4n) is 1.14. The normalized spacial score (nSPS) is 11.4. The number of hydrogen-bond acceptors (Lipinski definition) is 2. The number of hydrogen-bond donors (Lipinski definition) is 2. The molecule has 0 unspecified atom stereocenters. The number of pyridine rings is 1. The van der Waals surface area contributed by atoms with Crippen LogP contribution in [0.4, 0.5) is 13.2 Å². The summed E-state index contributed by atoms with van der Waals surface area (Å²) in [5.74, 6) is -0.694. The molecule has 0 aliphatic heterocycles. The van der Waals surface area contributed by atoms with Crippen molar-refractivity contribution < 1.29 is 18.0 Å². The number of alkyl halides is 3. The number of amides is 1. The molecule has 17 heavy (non-hydrogen) atoms. The third-order valence-electron chi connectivity index (χ3n) is 1.86. The van der Waals surface area contributed by atoms with Gasteiger partial charge in [-0.3, -0.25) is 9.59 Å². The number of aromatic nitrogens is 1. The Labute approximate surface area is 108 Å². The molecule has 0 spiro atoms. The second kappa shape index (κ2) is 5.07. The second-order valence-corrected chi connectivity index (χ2v) is 4.25. The lowest BCUT2D eigenvalue weighted by atomic mass is 10.2. The molecule has 0 radical (unpaired) electrons. The summed E-state index contributed by atoms with van der Waals surface area (Å²) in [5, 5.41) is 2.34. The van der Waals surface area contributed by atoms with Crippen LogP contribution in [0.5, 0.6) is 0 Å². The summed E-state index contributed by atoms with van der Waals surface area (Å²) in [6.45, 7) is 1.93. The molecule has 4 nitrogen and oxygen atoms in total. The predicted molar refractivity (Wildman–Crippen MR) is 62.8 cm³/mol. The van der Waals surface area contributed by atoms with Gasteiger partial charge in [-0.2, -0.15) is 13.2 Å². The third-order valence-corrected chi connectivity index (χ3v) is 2.71. The lowest BCUT2D eigenvalue weighted by molar-refractivity contribution is -0.142. The van der Waals surface area contributed by atoms with E-state index in [-0.39, 0.29) is 15.7 Å². The molecular formula is C9H8F3IN2O2. The monoisotopic (exact) mass is 360 g/mol. The highest BCUT2D eigenvalue weighted by Crippen LogP contribution is 2.30. The van der Waals surface area contributed by atoms with Gasteiger partial charge in [0.1, 0.15) is 11.3 Å². The van der Waals surface area contributed by atoms with Crippen molar-refractivity contribution in [3.05, 3.63) is 31.2 Å². The molecule has 0 fully saturated rings. The zero-order chi connectivity index (χ0) is 13.2. The molecule has 94 valence electrons. The van der Waals surface area contributed by atoms with E-state index in [2.05, 4.69) is 5.32 Å². The molecule has 0 saturated carbocycles. The van der Waals surface area contributed by atoms with Crippen LogP contribution in [0.15, 0.2) is 10.9 Å². The van der Waals surface area contributed by atoms with E-state index >= 15 is 0 Å². The summed E-state index contributed by atoms with van der Waals surface area (Å²) in [6, 6.07) is 0.924. The van der Waals surface area contributed by atoms with Crippen molar-refractivity contribution in [2.45, 2.75) is 13.1 Å². The largest absolute Gasteiger partial charge is 0.432 e. The maximum absolute atomic E-state index is 12.4. The topological polar surface area (TPSA) is 62.0 Å². The van der Waals surface area contributed by atoms with Gasteiger partial charge in [0.15, 0.2) is 0 Å². The zero-order valence-corrected chi connectivity index (χ0v) is 10.8. The standard InChI is InChI=1S/C9H8F3IN2O2/c1-2-14-7(16)4-3-5(13)6(9(10,11)12)15-8(4)17/h3H,2H2,1H3,(H,14,16)(H,15,17). The Morgan fingerprint density at radius 1 is 1.53 bits per heavy atom. The van der Waals surface area contributed by atoms with Gasteiger partial charge in [0.2, 0.25) is 0 Å². The number of nitrogens with one attached hydrogen (secondary N) is 2. The molecule has 0 atom stereocenters. The van der Waals surface area contributed by atoms with Gasteiger partial charge < -0.3 is 10.3 Å². The van der Waals surface area contributed by atoms with Gasteiger partial charge in [-0.05, 0) is 35.6 Å². The maximum Gasteiger partial charge on any atom is 0.432 e. The minimum Gasteiger partial charge on any atom is -0.352 e. The van der Waals surface area contributed by atoms with Gasteiger partial charge in [0, 0.05) is 10.1 Å². The SMILES string of the molecule is CCNC(=O)c1cc(I)c(C(F)(F)F)[nH]c1=O. The van der Waals surface area contributed by atoms with Crippen LogP contribution in [0.1, 0.15) is 23.0 Å². The van der Waals surface area contributed by atoms with E-state index in [9.17, 15) is 22.8 Å². The Morgan fingerprint density at radius 3 is 2.59 bits per heavy atom. The van der Waals surface area contributed by atoms with Crippen LogP contribution >= 0.6 is 22.6 Å². The predicted octanol–water partition coefficient (Wildman–Crippen LogP) is 1.75. The number of carbonyl (C=O) groups is 1. The lowest BCUT2D eigenvalue weighted by Crippen LogP contribution is -2.31. The number of carbonyl (C=O) groups excluding carboxylic acids is 1. The molecule has 1 amide bonds. The van der Waals surface area contributed by atoms with Crippen LogP contribution in [0.25, 0.3) is 0 Å². The molecule has 0 bridgehead atoms. The van der Waals surface area contributed by atoms with Crippen molar-refractivity contribution in [1.29, 1.82) is 0 Å². The smallest absolute Gasteiger partial charge is 0.352 e. The van der Waals surface area contributed by atoms with Crippen LogP contribution in [0.2, 0.25) is 0 Å². The average Bonchev–Trinajstić information content (AvgIpc) is 2.19. The Hall–Kier alpha value is -1.06. The molecule has 1 aromatic rings.